The number of hydrogen-bond donors (Lipinski definition) is 2. The first-order valence-electron chi connectivity index (χ1n) is 7.10. The van der Waals surface area contributed by atoms with E-state index in [4.69, 9.17) is 9.47 Å². The van der Waals surface area contributed by atoms with Crippen LogP contribution in [0.2, 0.25) is 0 Å². The van der Waals surface area contributed by atoms with E-state index in [1.54, 1.807) is 0 Å². The molecule has 1 aromatic carbocycles. The fourth-order valence-electron chi connectivity index (χ4n) is 2.74. The molecule has 3 rings (SSSR count). The molecule has 2 aliphatic heterocycles. The number of para-hydroxylation sites is 1. The third-order valence-electron chi connectivity index (χ3n) is 3.82. The number of carbonyl (C=O) groups is 1. The minimum atomic E-state index is -0.277. The molecule has 5 nitrogen and oxygen atoms in total. The molecule has 0 bridgehead atoms. The van der Waals surface area contributed by atoms with Gasteiger partial charge < -0.3 is 20.1 Å². The summed E-state index contributed by atoms with van der Waals surface area (Å²) in [5.74, 6) is 0.913. The summed E-state index contributed by atoms with van der Waals surface area (Å²) in [4.78, 5) is 12.3. The van der Waals surface area contributed by atoms with Crippen molar-refractivity contribution in [2.45, 2.75) is 31.5 Å². The van der Waals surface area contributed by atoms with E-state index in [-0.39, 0.29) is 24.1 Å². The summed E-state index contributed by atoms with van der Waals surface area (Å²) < 4.78 is 11.2. The molecule has 1 unspecified atom stereocenters. The van der Waals surface area contributed by atoms with Crippen molar-refractivity contribution in [3.63, 3.8) is 0 Å². The minimum Gasteiger partial charge on any atom is -0.491 e. The molecular formula is C15H20N2O3. The Hall–Kier alpha value is -1.59. The maximum atomic E-state index is 12.3. The first-order chi connectivity index (χ1) is 9.74. The van der Waals surface area contributed by atoms with Crippen molar-refractivity contribution in [2.24, 2.45) is 0 Å². The predicted molar refractivity (Wildman–Crippen MR) is 74.8 cm³/mol. The van der Waals surface area contributed by atoms with Crippen LogP contribution in [0.5, 0.6) is 5.75 Å². The first-order valence-corrected chi connectivity index (χ1v) is 7.10. The molecule has 0 aliphatic carbocycles. The number of morpholine rings is 1. The Bertz CT molecular complexity index is 492. The zero-order valence-electron chi connectivity index (χ0n) is 11.6. The van der Waals surface area contributed by atoms with Crippen LogP contribution in [0.25, 0.3) is 0 Å². The van der Waals surface area contributed by atoms with Crippen molar-refractivity contribution >= 4 is 5.91 Å². The van der Waals surface area contributed by atoms with Gasteiger partial charge in [-0.25, -0.2) is 0 Å². The zero-order valence-corrected chi connectivity index (χ0v) is 11.6. The smallest absolute Gasteiger partial charge is 0.240 e. The SMILES string of the molecule is C[C@H]1OCCN[C@@H]1C(=O)NC1COc2ccccc2C1. The molecule has 1 saturated heterocycles. The lowest BCUT2D eigenvalue weighted by Crippen LogP contribution is -2.58. The lowest BCUT2D eigenvalue weighted by Gasteiger charge is -2.32. The number of carbonyl (C=O) groups excluding carboxylic acids is 1. The van der Waals surface area contributed by atoms with E-state index in [9.17, 15) is 4.79 Å². The monoisotopic (exact) mass is 276 g/mol. The quantitative estimate of drug-likeness (QED) is 0.825. The van der Waals surface area contributed by atoms with Crippen molar-refractivity contribution in [3.8, 4) is 5.75 Å². The molecule has 0 spiro atoms. The van der Waals surface area contributed by atoms with Crippen LogP contribution in [0.1, 0.15) is 12.5 Å². The van der Waals surface area contributed by atoms with Crippen LogP contribution in [0.4, 0.5) is 0 Å². The molecule has 0 radical (unpaired) electrons. The van der Waals surface area contributed by atoms with E-state index in [0.717, 1.165) is 17.7 Å². The van der Waals surface area contributed by atoms with Crippen molar-refractivity contribution in [3.05, 3.63) is 29.8 Å². The number of hydrogen-bond acceptors (Lipinski definition) is 4. The normalized spacial score (nSPS) is 29.1. The Morgan fingerprint density at radius 1 is 1.40 bits per heavy atom. The second-order valence-electron chi connectivity index (χ2n) is 5.34. The van der Waals surface area contributed by atoms with Gasteiger partial charge in [0.2, 0.25) is 5.91 Å². The third-order valence-corrected chi connectivity index (χ3v) is 3.82. The summed E-state index contributed by atoms with van der Waals surface area (Å²) in [6, 6.07) is 7.70. The predicted octanol–water partition coefficient (Wildman–Crippen LogP) is 0.483. The van der Waals surface area contributed by atoms with E-state index < -0.39 is 0 Å². The Kier molecular flexibility index (Phi) is 3.89. The molecule has 5 heteroatoms. The minimum absolute atomic E-state index is 0.00909. The molecule has 3 atom stereocenters. The lowest BCUT2D eigenvalue weighted by atomic mass is 10.0. The van der Waals surface area contributed by atoms with E-state index in [0.29, 0.717) is 19.8 Å². The molecule has 1 aromatic rings. The number of fused-ring (bicyclic) bond motifs is 1. The summed E-state index contributed by atoms with van der Waals surface area (Å²) in [7, 11) is 0. The van der Waals surface area contributed by atoms with Gasteiger partial charge in [-0.05, 0) is 25.0 Å². The highest BCUT2D eigenvalue weighted by Gasteiger charge is 2.30. The fraction of sp³-hybridized carbons (Fsp3) is 0.533. The highest BCUT2D eigenvalue weighted by molar-refractivity contribution is 5.82. The largest absolute Gasteiger partial charge is 0.491 e. The van der Waals surface area contributed by atoms with Gasteiger partial charge in [-0.2, -0.15) is 0 Å². The molecule has 2 heterocycles. The van der Waals surface area contributed by atoms with E-state index in [1.165, 1.54) is 0 Å². The lowest BCUT2D eigenvalue weighted by molar-refractivity contribution is -0.129. The fourth-order valence-corrected chi connectivity index (χ4v) is 2.74. The van der Waals surface area contributed by atoms with Crippen molar-refractivity contribution < 1.29 is 14.3 Å². The average molecular weight is 276 g/mol. The second kappa shape index (κ2) is 5.81. The van der Waals surface area contributed by atoms with Gasteiger partial charge >= 0.3 is 0 Å². The summed E-state index contributed by atoms with van der Waals surface area (Å²) >= 11 is 0. The summed E-state index contributed by atoms with van der Waals surface area (Å²) in [6.07, 6.45) is 0.713. The van der Waals surface area contributed by atoms with Crippen molar-refractivity contribution in [1.82, 2.24) is 10.6 Å². The number of benzene rings is 1. The number of nitrogens with one attached hydrogen (secondary N) is 2. The van der Waals surface area contributed by atoms with Crippen molar-refractivity contribution in [1.29, 1.82) is 0 Å². The van der Waals surface area contributed by atoms with Gasteiger partial charge in [-0.3, -0.25) is 4.79 Å². The van der Waals surface area contributed by atoms with Gasteiger partial charge in [0.05, 0.1) is 18.8 Å². The van der Waals surface area contributed by atoms with Crippen LogP contribution >= 0.6 is 0 Å². The molecule has 2 N–H and O–H groups in total. The molecule has 1 amide bonds. The topological polar surface area (TPSA) is 59.6 Å². The molecule has 0 aromatic heterocycles. The number of amides is 1. The molecule has 2 aliphatic rings. The highest BCUT2D eigenvalue weighted by atomic mass is 16.5. The van der Waals surface area contributed by atoms with Crippen molar-refractivity contribution in [2.75, 3.05) is 19.8 Å². The highest BCUT2D eigenvalue weighted by Crippen LogP contribution is 2.23. The van der Waals surface area contributed by atoms with Gasteiger partial charge in [0, 0.05) is 6.54 Å². The maximum absolute atomic E-state index is 12.3. The van der Waals surface area contributed by atoms with E-state index >= 15 is 0 Å². The summed E-state index contributed by atoms with van der Waals surface area (Å²) in [6.45, 7) is 3.81. The Morgan fingerprint density at radius 3 is 3.10 bits per heavy atom. The van der Waals surface area contributed by atoms with Crippen LogP contribution in [-0.2, 0) is 16.0 Å². The molecular weight excluding hydrogens is 256 g/mol. The standard InChI is InChI=1S/C15H20N2O3/c1-10-14(16-6-7-19-10)15(18)17-12-8-11-4-2-3-5-13(11)20-9-12/h2-5,10,12,14,16H,6-9H2,1H3,(H,17,18)/t10-,12?,14+/m1/s1. The van der Waals surface area contributed by atoms with Crippen LogP contribution < -0.4 is 15.4 Å². The molecule has 20 heavy (non-hydrogen) atoms. The first kappa shape index (κ1) is 13.4. The van der Waals surface area contributed by atoms with Gasteiger partial charge in [0.25, 0.3) is 0 Å². The van der Waals surface area contributed by atoms with E-state index in [1.807, 2.05) is 31.2 Å². The van der Waals surface area contributed by atoms with Gasteiger partial charge in [-0.1, -0.05) is 18.2 Å². The van der Waals surface area contributed by atoms with Crippen LogP contribution in [-0.4, -0.2) is 43.9 Å². The van der Waals surface area contributed by atoms with Gasteiger partial charge in [-0.15, -0.1) is 0 Å². The Balaban J connectivity index is 1.60. The number of ether oxygens (including phenoxy) is 2. The van der Waals surface area contributed by atoms with Crippen LogP contribution in [0.15, 0.2) is 24.3 Å². The Labute approximate surface area is 118 Å². The van der Waals surface area contributed by atoms with Gasteiger partial charge in [0.15, 0.2) is 0 Å². The molecule has 108 valence electrons. The van der Waals surface area contributed by atoms with Crippen LogP contribution in [0.3, 0.4) is 0 Å². The number of rotatable bonds is 2. The Morgan fingerprint density at radius 2 is 2.25 bits per heavy atom. The summed E-state index contributed by atoms with van der Waals surface area (Å²) in [5.41, 5.74) is 1.14. The third kappa shape index (κ3) is 2.78. The summed E-state index contributed by atoms with van der Waals surface area (Å²) in [5, 5.41) is 6.25. The second-order valence-corrected chi connectivity index (χ2v) is 5.34. The van der Waals surface area contributed by atoms with Gasteiger partial charge in [0.1, 0.15) is 18.4 Å². The zero-order chi connectivity index (χ0) is 13.9. The maximum Gasteiger partial charge on any atom is 0.240 e. The molecule has 1 fully saturated rings. The van der Waals surface area contributed by atoms with Crippen LogP contribution in [0, 0.1) is 0 Å². The van der Waals surface area contributed by atoms with E-state index in [2.05, 4.69) is 10.6 Å². The average Bonchev–Trinajstić information content (AvgIpc) is 2.47. The molecule has 0 saturated carbocycles.